The maximum absolute atomic E-state index is 14.9. The summed E-state index contributed by atoms with van der Waals surface area (Å²) < 4.78 is 242. The van der Waals surface area contributed by atoms with Gasteiger partial charge >= 0.3 is 30.5 Å². The van der Waals surface area contributed by atoms with Gasteiger partial charge < -0.3 is 10.2 Å². The molecule has 462 valence electrons. The van der Waals surface area contributed by atoms with E-state index in [1.54, 1.807) is 12.1 Å². The molecule has 0 bridgehead atoms. The molecular formula is C54H34ClF9N8O13S4. The average molecular weight is 1340 g/mol. The van der Waals surface area contributed by atoms with Crippen LogP contribution in [0.1, 0.15) is 21.5 Å². The van der Waals surface area contributed by atoms with Gasteiger partial charge in [0, 0.05) is 43.3 Å². The highest BCUT2D eigenvalue weighted by atomic mass is 35.5. The van der Waals surface area contributed by atoms with Crippen LogP contribution in [0.25, 0.3) is 32.7 Å². The zero-order valence-corrected chi connectivity index (χ0v) is 48.1. The Hall–Kier alpha value is -9.61. The summed E-state index contributed by atoms with van der Waals surface area (Å²) in [6.45, 7) is -7.59. The molecule has 0 unspecified atom stereocenters. The summed E-state index contributed by atoms with van der Waals surface area (Å²) >= 11 is 6.58. The lowest BCUT2D eigenvalue weighted by atomic mass is 10.0. The Balaban J connectivity index is 1.23. The fraction of sp³-hybridized carbons (Fsp3) is 0.130. The van der Waals surface area contributed by atoms with E-state index in [2.05, 4.69) is 9.97 Å². The topological polar surface area (TPSA) is 315 Å². The first-order valence-corrected chi connectivity index (χ1v) is 30.6. The highest BCUT2D eigenvalue weighted by molar-refractivity contribution is 7.93. The lowest BCUT2D eigenvalue weighted by Gasteiger charge is -2.29. The normalized spacial score (nSPS) is 12.4. The molecule has 0 aliphatic heterocycles. The summed E-state index contributed by atoms with van der Waals surface area (Å²) in [7, 11) is -21.5. The molecule has 0 aliphatic carbocycles. The molecule has 2 N–H and O–H groups in total. The predicted molar refractivity (Wildman–Crippen MR) is 299 cm³/mol. The number of carboxylic acid groups (broad SMARTS) is 2. The Morgan fingerprint density at radius 2 is 0.854 bits per heavy atom. The van der Waals surface area contributed by atoms with Crippen LogP contribution in [0.3, 0.4) is 0 Å². The number of rotatable bonds is 20. The summed E-state index contributed by atoms with van der Waals surface area (Å²) in [5, 5.41) is 37.1. The van der Waals surface area contributed by atoms with Gasteiger partial charge in [0.05, 0.1) is 66.6 Å². The molecule has 21 nitrogen and oxygen atoms in total. The number of halogens is 10. The number of hydrogen-bond acceptors (Lipinski definition) is 15. The van der Waals surface area contributed by atoms with Gasteiger partial charge in [0.2, 0.25) is 0 Å². The summed E-state index contributed by atoms with van der Waals surface area (Å²) in [6, 6.07) is 22.5. The number of nitrogens with zero attached hydrogens (tertiary/aromatic N) is 8. The van der Waals surface area contributed by atoms with Crippen molar-refractivity contribution in [2.24, 2.45) is 0 Å². The number of ketones is 1. The smallest absolute Gasteiger partial charge is 0.454 e. The van der Waals surface area contributed by atoms with Crippen LogP contribution < -0.4 is 17.2 Å². The number of nitriles is 2. The van der Waals surface area contributed by atoms with E-state index in [1.165, 1.54) is 12.1 Å². The first kappa shape index (κ1) is 65.4. The van der Waals surface area contributed by atoms with Crippen LogP contribution in [0.4, 0.5) is 62.5 Å². The zero-order chi connectivity index (χ0) is 65.6. The minimum Gasteiger partial charge on any atom is -0.480 e. The second-order valence-corrected chi connectivity index (χ2v) is 26.4. The van der Waals surface area contributed by atoms with Crippen molar-refractivity contribution < 1.29 is 97.8 Å². The number of benzene rings is 6. The van der Waals surface area contributed by atoms with Crippen LogP contribution in [-0.2, 0) is 49.7 Å². The largest absolute Gasteiger partial charge is 0.480 e. The number of carbonyl (C=O) groups excluding carboxylic acids is 1. The number of carbonyl (C=O) groups is 3. The first-order valence-electron chi connectivity index (χ1n) is 24.4. The van der Waals surface area contributed by atoms with E-state index in [0.29, 0.717) is 54.9 Å². The molecule has 0 atom stereocenters. The minimum atomic E-state index is -5.64. The number of pyridine rings is 2. The van der Waals surface area contributed by atoms with Crippen LogP contribution in [0.15, 0.2) is 165 Å². The molecule has 6 aromatic carbocycles. The molecule has 0 radical (unpaired) electrons. The molecular weight excluding hydrogens is 1300 g/mol. The van der Waals surface area contributed by atoms with Gasteiger partial charge in [0.1, 0.15) is 26.2 Å². The maximum Gasteiger partial charge on any atom is 0.454 e. The lowest BCUT2D eigenvalue weighted by molar-refractivity contribution is -0.136. The maximum atomic E-state index is 14.9. The Bertz CT molecular complexity index is 4760. The van der Waals surface area contributed by atoms with Crippen LogP contribution in [0, 0.1) is 22.7 Å². The number of hydrogen-bond donors (Lipinski definition) is 2. The molecule has 0 aliphatic rings. The van der Waals surface area contributed by atoms with Crippen molar-refractivity contribution >= 4 is 114 Å². The number of aliphatic carboxylic acids is 2. The van der Waals surface area contributed by atoms with Gasteiger partial charge in [-0.1, -0.05) is 60.1 Å². The molecule has 0 amide bonds. The third-order valence-corrected chi connectivity index (χ3v) is 20.1. The van der Waals surface area contributed by atoms with Crippen molar-refractivity contribution in [1.29, 1.82) is 10.5 Å². The van der Waals surface area contributed by atoms with Crippen molar-refractivity contribution in [2.45, 2.75) is 38.1 Å². The van der Waals surface area contributed by atoms with E-state index in [1.807, 2.05) is 0 Å². The van der Waals surface area contributed by atoms with Gasteiger partial charge in [-0.2, -0.15) is 50.0 Å². The number of alkyl halides is 9. The second-order valence-electron chi connectivity index (χ2n) is 18.5. The quantitative estimate of drug-likeness (QED) is 0.0529. The summed E-state index contributed by atoms with van der Waals surface area (Å²) in [5.41, 5.74) is -4.56. The van der Waals surface area contributed by atoms with E-state index in [0.717, 1.165) is 78.9 Å². The molecule has 89 heavy (non-hydrogen) atoms. The Kier molecular flexibility index (Phi) is 17.7. The first-order chi connectivity index (χ1) is 41.4. The van der Waals surface area contributed by atoms with E-state index in [4.69, 9.17) is 11.6 Å². The van der Waals surface area contributed by atoms with Gasteiger partial charge in [-0.05, 0) is 84.9 Å². The number of fused-ring (bicyclic) bond motifs is 2. The van der Waals surface area contributed by atoms with Gasteiger partial charge in [-0.15, -0.1) is 0 Å². The highest BCUT2D eigenvalue weighted by Crippen LogP contribution is 2.43. The molecule has 0 saturated carbocycles. The Morgan fingerprint density at radius 3 is 1.26 bits per heavy atom. The summed E-state index contributed by atoms with van der Waals surface area (Å²) in [4.78, 5) is 40.8. The molecule has 8 rings (SSSR count). The molecule has 0 fully saturated rings. The Morgan fingerprint density at radius 1 is 0.483 bits per heavy atom. The predicted octanol–water partition coefficient (Wildman–Crippen LogP) is 9.67. The van der Waals surface area contributed by atoms with Crippen LogP contribution in [0.2, 0.25) is 5.02 Å². The standard InChI is InChI=1S/C54H34ClF9N8O13S4/c55-44-20-19-37(88(82,83)70(28-48(75)76)51-41-8-4-1-5-38(41)45(25-68-51)71(29-52(56,57)58)87(80,81)35-16-11-32(12-17-35)49(77)54(62,63)64)22-43(44)42-21-36(18-13-33(42)24-66)89(84,85)72(30-53(59,60)61)46-26-67-50(40-7-3-2-6-39(40)46)69(27-47(73)74)86(78,79)34-14-9-31(23-65)10-15-34/h1-22,25-26H,27-30H2,(H,73,74)(H,75,76). The van der Waals surface area contributed by atoms with E-state index >= 15 is 0 Å². The second kappa shape index (κ2) is 24.2. The minimum absolute atomic E-state index is 0.00997. The molecule has 0 spiro atoms. The molecule has 2 heterocycles. The van der Waals surface area contributed by atoms with Crippen molar-refractivity contribution in [1.82, 2.24) is 9.97 Å². The fourth-order valence-corrected chi connectivity index (χ4v) is 14.8. The number of Topliss-reactive ketones (excluding diaryl/α,β-unsaturated/α-hetero) is 1. The van der Waals surface area contributed by atoms with Gasteiger partial charge in [-0.3, -0.25) is 23.0 Å². The summed E-state index contributed by atoms with van der Waals surface area (Å²) in [6.07, 6.45) is -15.3. The lowest BCUT2D eigenvalue weighted by Crippen LogP contribution is -2.40. The van der Waals surface area contributed by atoms with Crippen molar-refractivity contribution in [2.75, 3.05) is 43.4 Å². The van der Waals surface area contributed by atoms with Gasteiger partial charge in [0.25, 0.3) is 45.9 Å². The van der Waals surface area contributed by atoms with Crippen LogP contribution in [-0.4, -0.2) is 116 Å². The molecule has 0 saturated heterocycles. The summed E-state index contributed by atoms with van der Waals surface area (Å²) in [5.74, 6) is -7.67. The SMILES string of the molecule is N#Cc1ccc(S(=O)(=O)N(CC(=O)O)c2ncc(N(CC(F)(F)F)S(=O)(=O)c3ccc(C#N)c(-c4cc(S(=O)(=O)N(CC(=O)O)c5ncc(N(CC(F)(F)F)S(=O)(=O)c6ccc(C(=O)C(F)(F)F)cc6)c6ccccc56)ccc4Cl)c3)c3ccccc23)cc1. The number of sulfonamides is 4. The fourth-order valence-electron chi connectivity index (χ4n) is 8.87. The monoisotopic (exact) mass is 1340 g/mol. The molecule has 8 aromatic rings. The van der Waals surface area contributed by atoms with Crippen molar-refractivity contribution in [3.63, 3.8) is 0 Å². The van der Waals surface area contributed by atoms with E-state index in [9.17, 15) is 108 Å². The zero-order valence-electron chi connectivity index (χ0n) is 44.1. The Labute approximate surface area is 502 Å². The third-order valence-electron chi connectivity index (χ3n) is 12.8. The van der Waals surface area contributed by atoms with Crippen molar-refractivity contribution in [3.05, 3.63) is 168 Å². The molecule has 35 heteroatoms. The third kappa shape index (κ3) is 13.5. The van der Waals surface area contributed by atoms with Gasteiger partial charge in [0.15, 0.2) is 11.6 Å². The van der Waals surface area contributed by atoms with Crippen LogP contribution in [0.5, 0.6) is 0 Å². The number of anilines is 4. The molecule has 2 aromatic heterocycles. The van der Waals surface area contributed by atoms with E-state index in [-0.39, 0.29) is 22.8 Å². The van der Waals surface area contributed by atoms with Crippen molar-refractivity contribution in [3.8, 4) is 23.3 Å². The highest BCUT2D eigenvalue weighted by Gasteiger charge is 2.43. The number of aromatic nitrogens is 2. The van der Waals surface area contributed by atoms with Gasteiger partial charge in [-0.25, -0.2) is 52.2 Å². The van der Waals surface area contributed by atoms with Crippen LogP contribution >= 0.6 is 11.6 Å². The average Bonchev–Trinajstić information content (AvgIpc) is 0.765. The number of carboxylic acids is 2. The van der Waals surface area contributed by atoms with E-state index < -0.39 is 194 Å².